The lowest BCUT2D eigenvalue weighted by Gasteiger charge is -2.14. The molecular weight excluding hydrogens is 371 g/mol. The summed E-state index contributed by atoms with van der Waals surface area (Å²) in [5, 5.41) is 6.28. The highest BCUT2D eigenvalue weighted by molar-refractivity contribution is 6.05. The van der Waals surface area contributed by atoms with Crippen molar-refractivity contribution in [3.63, 3.8) is 0 Å². The summed E-state index contributed by atoms with van der Waals surface area (Å²) in [5.41, 5.74) is 3.57. The van der Waals surface area contributed by atoms with Crippen LogP contribution in [0.2, 0.25) is 0 Å². The van der Waals surface area contributed by atoms with E-state index < -0.39 is 12.1 Å². The second kappa shape index (κ2) is 7.84. The topological polar surface area (TPSA) is 68.0 Å². The Morgan fingerprint density at radius 1 is 1.04 bits per heavy atom. The van der Waals surface area contributed by atoms with Gasteiger partial charge in [0, 0.05) is 16.8 Å². The van der Waals surface area contributed by atoms with Crippen molar-refractivity contribution in [1.82, 2.24) is 10.1 Å². The number of carbonyl (C=O) groups excluding carboxylic acids is 1. The summed E-state index contributed by atoms with van der Waals surface area (Å²) in [5.74, 6) is -1.90. The number of halogens is 3. The number of anilines is 1. The fraction of sp³-hybridized carbons (Fsp3) is 0.250. The predicted octanol–water partition coefficient (Wildman–Crippen LogP) is 5.13. The molecule has 8 heteroatoms. The van der Waals surface area contributed by atoms with Gasteiger partial charge in [-0.2, -0.15) is 18.2 Å². The van der Waals surface area contributed by atoms with E-state index in [4.69, 9.17) is 0 Å². The van der Waals surface area contributed by atoms with Crippen molar-refractivity contribution in [3.8, 4) is 11.4 Å². The van der Waals surface area contributed by atoms with E-state index in [0.717, 1.165) is 29.7 Å². The number of carbonyl (C=O) groups is 1. The van der Waals surface area contributed by atoms with E-state index in [2.05, 4.69) is 20.0 Å². The van der Waals surface area contributed by atoms with Gasteiger partial charge in [0.15, 0.2) is 0 Å². The van der Waals surface area contributed by atoms with E-state index in [1.165, 1.54) is 24.3 Å². The first kappa shape index (κ1) is 19.6. The van der Waals surface area contributed by atoms with Crippen LogP contribution in [0.1, 0.15) is 41.2 Å². The van der Waals surface area contributed by atoms with Gasteiger partial charge in [0.25, 0.3) is 5.91 Å². The molecule has 0 aliphatic rings. The number of amides is 1. The van der Waals surface area contributed by atoms with Crippen molar-refractivity contribution >= 4 is 11.6 Å². The van der Waals surface area contributed by atoms with Crippen LogP contribution in [0, 0.1) is 0 Å². The van der Waals surface area contributed by atoms with E-state index in [1.54, 1.807) is 0 Å². The molecule has 146 valence electrons. The average Bonchev–Trinajstić information content (AvgIpc) is 3.19. The third-order valence-corrected chi connectivity index (χ3v) is 4.31. The molecule has 1 heterocycles. The van der Waals surface area contributed by atoms with Crippen molar-refractivity contribution < 1.29 is 22.5 Å². The van der Waals surface area contributed by atoms with Crippen LogP contribution >= 0.6 is 0 Å². The van der Waals surface area contributed by atoms with Crippen LogP contribution < -0.4 is 5.32 Å². The molecule has 0 radical (unpaired) electrons. The molecule has 0 saturated heterocycles. The van der Waals surface area contributed by atoms with E-state index in [9.17, 15) is 18.0 Å². The summed E-state index contributed by atoms with van der Waals surface area (Å²) in [4.78, 5) is 16.0. The first-order valence-corrected chi connectivity index (χ1v) is 8.77. The Labute approximate surface area is 159 Å². The lowest BCUT2D eigenvalue weighted by atomic mass is 10.0. The van der Waals surface area contributed by atoms with Gasteiger partial charge in [-0.1, -0.05) is 49.3 Å². The van der Waals surface area contributed by atoms with Gasteiger partial charge >= 0.3 is 12.1 Å². The smallest absolute Gasteiger partial charge is 0.329 e. The number of rotatable bonds is 5. The third-order valence-electron chi connectivity index (χ3n) is 4.31. The Morgan fingerprint density at radius 3 is 2.14 bits per heavy atom. The largest absolute Gasteiger partial charge is 0.471 e. The molecular formula is C20H18F3N3O2. The molecule has 5 nitrogen and oxygen atoms in total. The first-order chi connectivity index (χ1) is 13.3. The summed E-state index contributed by atoms with van der Waals surface area (Å²) < 4.78 is 41.9. The summed E-state index contributed by atoms with van der Waals surface area (Å²) in [6.07, 6.45) is -3.14. The number of aromatic nitrogens is 2. The maximum Gasteiger partial charge on any atom is 0.471 e. The maximum atomic E-state index is 12.6. The van der Waals surface area contributed by atoms with E-state index in [1.807, 2.05) is 32.0 Å². The molecule has 0 atom stereocenters. The molecule has 0 saturated carbocycles. The van der Waals surface area contributed by atoms with Gasteiger partial charge in [0.05, 0.1) is 0 Å². The van der Waals surface area contributed by atoms with Gasteiger partial charge < -0.3 is 9.84 Å². The number of alkyl halides is 3. The molecule has 0 aliphatic carbocycles. The lowest BCUT2D eigenvalue weighted by molar-refractivity contribution is -0.159. The highest BCUT2D eigenvalue weighted by atomic mass is 19.4. The molecule has 3 rings (SSSR count). The van der Waals surface area contributed by atoms with Gasteiger partial charge in [-0.15, -0.1) is 0 Å². The lowest BCUT2D eigenvalue weighted by Crippen LogP contribution is -2.14. The van der Waals surface area contributed by atoms with Crippen LogP contribution in [0.5, 0.6) is 0 Å². The number of hydrogen-bond donors (Lipinski definition) is 1. The zero-order chi connectivity index (χ0) is 20.3. The monoisotopic (exact) mass is 389 g/mol. The Morgan fingerprint density at radius 2 is 1.64 bits per heavy atom. The minimum Gasteiger partial charge on any atom is -0.329 e. The fourth-order valence-electron chi connectivity index (χ4n) is 2.82. The Bertz CT molecular complexity index is 957. The van der Waals surface area contributed by atoms with Gasteiger partial charge in [-0.05, 0) is 36.1 Å². The number of nitrogens with zero attached hydrogens (tertiary/aromatic N) is 2. The summed E-state index contributed by atoms with van der Waals surface area (Å²) in [6.45, 7) is 4.03. The van der Waals surface area contributed by atoms with Crippen molar-refractivity contribution in [2.24, 2.45) is 0 Å². The second-order valence-corrected chi connectivity index (χ2v) is 6.11. The molecule has 0 fully saturated rings. The van der Waals surface area contributed by atoms with E-state index in [-0.39, 0.29) is 11.7 Å². The number of hydrogen-bond acceptors (Lipinski definition) is 4. The highest BCUT2D eigenvalue weighted by Crippen LogP contribution is 2.29. The molecule has 1 aromatic heterocycles. The third kappa shape index (κ3) is 4.05. The average molecular weight is 389 g/mol. The summed E-state index contributed by atoms with van der Waals surface area (Å²) in [6, 6.07) is 11.9. The zero-order valence-electron chi connectivity index (χ0n) is 15.3. The summed E-state index contributed by atoms with van der Waals surface area (Å²) >= 11 is 0. The van der Waals surface area contributed by atoms with Crippen molar-refractivity contribution in [1.29, 1.82) is 0 Å². The van der Waals surface area contributed by atoms with Gasteiger partial charge in [-0.25, -0.2) is 0 Å². The van der Waals surface area contributed by atoms with Crippen molar-refractivity contribution in [3.05, 3.63) is 65.0 Å². The fourth-order valence-corrected chi connectivity index (χ4v) is 2.82. The normalized spacial score (nSPS) is 11.5. The van der Waals surface area contributed by atoms with Crippen LogP contribution in [-0.4, -0.2) is 16.0 Å². The molecule has 0 spiro atoms. The predicted molar refractivity (Wildman–Crippen MR) is 97.9 cm³/mol. The van der Waals surface area contributed by atoms with Gasteiger partial charge in [0.2, 0.25) is 5.82 Å². The molecule has 1 amide bonds. The molecule has 0 unspecified atom stereocenters. The minimum atomic E-state index is -4.70. The SMILES string of the molecule is CCc1cccc(CC)c1NC(=O)c1ccc(-c2noc(C(F)(F)F)n2)cc1. The van der Waals surface area contributed by atoms with Crippen molar-refractivity contribution in [2.45, 2.75) is 32.9 Å². The molecule has 0 bridgehead atoms. The molecule has 3 aromatic rings. The van der Waals surface area contributed by atoms with Crippen LogP contribution in [0.15, 0.2) is 47.0 Å². The van der Waals surface area contributed by atoms with Crippen LogP contribution in [-0.2, 0) is 19.0 Å². The van der Waals surface area contributed by atoms with Gasteiger partial charge in [-0.3, -0.25) is 4.79 Å². The second-order valence-electron chi connectivity index (χ2n) is 6.11. The highest BCUT2D eigenvalue weighted by Gasteiger charge is 2.38. The van der Waals surface area contributed by atoms with Crippen LogP contribution in [0.4, 0.5) is 18.9 Å². The van der Waals surface area contributed by atoms with Crippen LogP contribution in [0.25, 0.3) is 11.4 Å². The van der Waals surface area contributed by atoms with E-state index in [0.29, 0.717) is 11.1 Å². The molecule has 28 heavy (non-hydrogen) atoms. The number of nitrogens with one attached hydrogen (secondary N) is 1. The van der Waals surface area contributed by atoms with Crippen LogP contribution in [0.3, 0.4) is 0 Å². The Balaban J connectivity index is 1.81. The minimum absolute atomic E-state index is 0.191. The maximum absolute atomic E-state index is 12.6. The molecule has 0 aliphatic heterocycles. The molecule has 2 aromatic carbocycles. The van der Waals surface area contributed by atoms with E-state index >= 15 is 0 Å². The Kier molecular flexibility index (Phi) is 5.48. The van der Waals surface area contributed by atoms with Gasteiger partial charge in [0.1, 0.15) is 0 Å². The van der Waals surface area contributed by atoms with Crippen molar-refractivity contribution in [2.75, 3.05) is 5.32 Å². The first-order valence-electron chi connectivity index (χ1n) is 8.77. The number of benzene rings is 2. The quantitative estimate of drug-likeness (QED) is 0.657. The zero-order valence-corrected chi connectivity index (χ0v) is 15.3. The Hall–Kier alpha value is -3.16. The molecule has 1 N–H and O–H groups in total. The number of aryl methyl sites for hydroxylation is 2. The summed E-state index contributed by atoms with van der Waals surface area (Å²) in [7, 11) is 0. The number of para-hydroxylation sites is 1. The standard InChI is InChI=1S/C20H18F3N3O2/c1-3-12-6-5-7-13(4-2)16(12)24-18(27)15-10-8-14(9-11-15)17-25-19(28-26-17)20(21,22)23/h5-11H,3-4H2,1-2H3,(H,24,27).